The van der Waals surface area contributed by atoms with Crippen LogP contribution in [0.15, 0.2) is 72.8 Å². The molecule has 0 amide bonds. The van der Waals surface area contributed by atoms with Gasteiger partial charge in [-0.3, -0.25) is 0 Å². The molecule has 4 aromatic carbocycles. The van der Waals surface area contributed by atoms with Crippen molar-refractivity contribution in [1.82, 2.24) is 0 Å². The molecule has 0 unspecified atom stereocenters. The van der Waals surface area contributed by atoms with Crippen LogP contribution in [-0.2, 0) is 32.6 Å². The van der Waals surface area contributed by atoms with Crippen LogP contribution in [-0.4, -0.2) is 0 Å². The van der Waals surface area contributed by atoms with Crippen LogP contribution in [0, 0.1) is 5.41 Å². The predicted octanol–water partition coefficient (Wildman–Crippen LogP) is 7.89. The van der Waals surface area contributed by atoms with Crippen molar-refractivity contribution in [1.29, 1.82) is 0 Å². The fourth-order valence-electron chi connectivity index (χ4n) is 5.17. The Hall–Kier alpha value is -1.59. The molecule has 0 nitrogen and oxygen atoms in total. The molecule has 0 aromatic heterocycles. The van der Waals surface area contributed by atoms with Crippen LogP contribution in [0.25, 0.3) is 32.7 Å². The molecule has 0 aliphatic heterocycles. The molecule has 1 fully saturated rings. The Morgan fingerprint density at radius 3 is 2.29 bits per heavy atom. The molecule has 0 saturated heterocycles. The van der Waals surface area contributed by atoms with Crippen LogP contribution < -0.4 is 0 Å². The minimum absolute atomic E-state index is 0. The van der Waals surface area contributed by atoms with Crippen molar-refractivity contribution in [3.8, 4) is 11.1 Å². The van der Waals surface area contributed by atoms with E-state index in [-0.39, 0.29) is 26.2 Å². The Morgan fingerprint density at radius 2 is 1.46 bits per heavy atom. The van der Waals surface area contributed by atoms with E-state index in [4.69, 9.17) is 0 Å². The first-order valence-corrected chi connectivity index (χ1v) is 10.4. The van der Waals surface area contributed by atoms with Crippen LogP contribution in [0.3, 0.4) is 0 Å². The van der Waals surface area contributed by atoms with Crippen molar-refractivity contribution in [2.24, 2.45) is 5.41 Å². The summed E-state index contributed by atoms with van der Waals surface area (Å²) in [5.74, 6) is 0. The average molecular weight is 443 g/mol. The van der Waals surface area contributed by atoms with Crippen molar-refractivity contribution in [2.75, 3.05) is 0 Å². The molecule has 0 atom stereocenters. The van der Waals surface area contributed by atoms with E-state index >= 15 is 0 Å². The summed E-state index contributed by atoms with van der Waals surface area (Å²) >= 11 is 0. The standard InChI is InChI=1S/C27H27.Zr/c1-27(15-5-2-6-16-27)19-20-17-22-11-8-14-25(26(22)18-20)24-13-7-10-21-9-3-4-12-23(21)24;/h3-4,7-14,17-18H,2,5-6,15-16,19H2,1H3;/q-1;. The molecule has 0 N–H and O–H groups in total. The van der Waals surface area contributed by atoms with Gasteiger partial charge in [-0.15, -0.1) is 34.5 Å². The second-order valence-electron chi connectivity index (χ2n) is 8.75. The summed E-state index contributed by atoms with van der Waals surface area (Å²) in [7, 11) is 0. The molecule has 0 spiro atoms. The van der Waals surface area contributed by atoms with E-state index in [2.05, 4.69) is 79.7 Å². The quantitative estimate of drug-likeness (QED) is 0.283. The van der Waals surface area contributed by atoms with E-state index < -0.39 is 0 Å². The fourth-order valence-corrected chi connectivity index (χ4v) is 5.17. The van der Waals surface area contributed by atoms with Gasteiger partial charge < -0.3 is 0 Å². The van der Waals surface area contributed by atoms with Gasteiger partial charge in [0.15, 0.2) is 0 Å². The summed E-state index contributed by atoms with van der Waals surface area (Å²) in [5, 5.41) is 5.45. The van der Waals surface area contributed by atoms with Crippen LogP contribution in [0.2, 0.25) is 0 Å². The van der Waals surface area contributed by atoms with Gasteiger partial charge in [0.1, 0.15) is 0 Å². The zero-order valence-corrected chi connectivity index (χ0v) is 19.1. The third-order valence-corrected chi connectivity index (χ3v) is 6.58. The number of rotatable bonds is 3. The number of benzene rings is 3. The zero-order valence-electron chi connectivity index (χ0n) is 16.7. The van der Waals surface area contributed by atoms with E-state index in [9.17, 15) is 0 Å². The minimum atomic E-state index is 0. The fraction of sp³-hybridized carbons (Fsp3) is 0.296. The molecule has 5 rings (SSSR count). The molecule has 1 saturated carbocycles. The van der Waals surface area contributed by atoms with Crippen molar-refractivity contribution in [3.63, 3.8) is 0 Å². The average Bonchev–Trinajstić information content (AvgIpc) is 3.10. The van der Waals surface area contributed by atoms with Gasteiger partial charge in [-0.2, -0.15) is 6.07 Å². The molecule has 1 aliphatic carbocycles. The SMILES string of the molecule is CC1(Cc2cc3c(-c4cccc5ccccc45)cccc3[cH-]2)CCCCC1.[Zr]. The van der Waals surface area contributed by atoms with Gasteiger partial charge >= 0.3 is 0 Å². The first-order valence-electron chi connectivity index (χ1n) is 10.4. The topological polar surface area (TPSA) is 0 Å². The van der Waals surface area contributed by atoms with Crippen molar-refractivity contribution >= 4 is 21.5 Å². The smallest absolute Gasteiger partial charge is 0 e. The van der Waals surface area contributed by atoms with Gasteiger partial charge in [-0.25, -0.2) is 0 Å². The summed E-state index contributed by atoms with van der Waals surface area (Å²) in [6, 6.07) is 27.1. The number of fused-ring (bicyclic) bond motifs is 2. The largest absolute Gasteiger partial charge is 0.164 e. The predicted molar refractivity (Wildman–Crippen MR) is 117 cm³/mol. The van der Waals surface area contributed by atoms with Gasteiger partial charge in [0.05, 0.1) is 0 Å². The molecule has 1 heteroatoms. The normalized spacial score (nSPS) is 16.2. The molecule has 4 aromatic rings. The van der Waals surface area contributed by atoms with E-state index in [0.29, 0.717) is 5.41 Å². The van der Waals surface area contributed by atoms with Crippen molar-refractivity contribution in [3.05, 3.63) is 78.4 Å². The molecule has 0 bridgehead atoms. The van der Waals surface area contributed by atoms with Gasteiger partial charge in [-0.05, 0) is 41.0 Å². The molecule has 0 heterocycles. The zero-order chi connectivity index (χ0) is 18.3. The third kappa shape index (κ3) is 3.67. The Kier molecular flexibility index (Phi) is 5.66. The third-order valence-electron chi connectivity index (χ3n) is 6.58. The van der Waals surface area contributed by atoms with Gasteiger partial charge in [0, 0.05) is 26.2 Å². The maximum Gasteiger partial charge on any atom is 0 e. The minimum Gasteiger partial charge on any atom is -0.164 e. The monoisotopic (exact) mass is 441 g/mol. The first-order chi connectivity index (χ1) is 13.2. The van der Waals surface area contributed by atoms with Crippen LogP contribution >= 0.6 is 0 Å². The van der Waals surface area contributed by atoms with Crippen molar-refractivity contribution < 1.29 is 26.2 Å². The van der Waals surface area contributed by atoms with Crippen molar-refractivity contribution in [2.45, 2.75) is 45.4 Å². The Balaban J connectivity index is 0.00000192. The first kappa shape index (κ1) is 19.7. The summed E-state index contributed by atoms with van der Waals surface area (Å²) < 4.78 is 0. The summed E-state index contributed by atoms with van der Waals surface area (Å²) in [4.78, 5) is 0. The molecule has 140 valence electrons. The summed E-state index contributed by atoms with van der Waals surface area (Å²) in [6.07, 6.45) is 8.20. The van der Waals surface area contributed by atoms with Crippen LogP contribution in [0.4, 0.5) is 0 Å². The summed E-state index contributed by atoms with van der Waals surface area (Å²) in [6.45, 7) is 2.50. The Labute approximate surface area is 187 Å². The second-order valence-corrected chi connectivity index (χ2v) is 8.75. The molecule has 0 radical (unpaired) electrons. The number of hydrogen-bond donors (Lipinski definition) is 0. The molecular weight excluding hydrogens is 416 g/mol. The Bertz CT molecular complexity index is 1090. The van der Waals surface area contributed by atoms with Gasteiger partial charge in [-0.1, -0.05) is 80.3 Å². The molecule has 1 aliphatic rings. The maximum absolute atomic E-state index is 2.50. The molecular formula is C27H27Zr-. The van der Waals surface area contributed by atoms with E-state index in [1.54, 1.807) is 0 Å². The van der Waals surface area contributed by atoms with E-state index in [1.165, 1.54) is 76.8 Å². The number of hydrogen-bond acceptors (Lipinski definition) is 0. The van der Waals surface area contributed by atoms with Gasteiger partial charge in [0.2, 0.25) is 0 Å². The maximum atomic E-state index is 2.50. The summed E-state index contributed by atoms with van der Waals surface area (Å²) in [5.41, 5.74) is 4.72. The second kappa shape index (κ2) is 8.04. The van der Waals surface area contributed by atoms with Crippen LogP contribution in [0.5, 0.6) is 0 Å². The molecule has 28 heavy (non-hydrogen) atoms. The van der Waals surface area contributed by atoms with E-state index in [1.807, 2.05) is 0 Å². The van der Waals surface area contributed by atoms with E-state index in [0.717, 1.165) is 0 Å². The van der Waals surface area contributed by atoms with Crippen LogP contribution in [0.1, 0.15) is 44.6 Å². The van der Waals surface area contributed by atoms with Gasteiger partial charge in [0.25, 0.3) is 0 Å². The Morgan fingerprint density at radius 1 is 0.786 bits per heavy atom.